The fraction of sp³-hybridized carbons (Fsp3) is 0.200. The number of halogens is 3. The van der Waals surface area contributed by atoms with Gasteiger partial charge in [-0.1, -0.05) is 19.1 Å². The molecule has 0 saturated heterocycles. The fourth-order valence-electron chi connectivity index (χ4n) is 3.04. The first kappa shape index (κ1) is 18.1. The minimum absolute atomic E-state index is 0.0910. The van der Waals surface area contributed by atoms with E-state index in [4.69, 9.17) is 4.74 Å². The summed E-state index contributed by atoms with van der Waals surface area (Å²) in [7, 11) is 0. The number of rotatable bonds is 3. The van der Waals surface area contributed by atoms with E-state index in [1.807, 2.05) is 19.1 Å². The first-order valence-corrected chi connectivity index (χ1v) is 8.69. The lowest BCUT2D eigenvalue weighted by Crippen LogP contribution is -2.25. The van der Waals surface area contributed by atoms with Crippen LogP contribution < -0.4 is 10.1 Å². The molecule has 28 heavy (non-hydrogen) atoms. The zero-order valence-electron chi connectivity index (χ0n) is 14.9. The van der Waals surface area contributed by atoms with E-state index in [1.54, 1.807) is 30.3 Å². The largest absolute Gasteiger partial charge is 0.482 e. The van der Waals surface area contributed by atoms with E-state index in [0.29, 0.717) is 22.7 Å². The van der Waals surface area contributed by atoms with Gasteiger partial charge >= 0.3 is 6.18 Å². The summed E-state index contributed by atoms with van der Waals surface area (Å²) in [6, 6.07) is 13.0. The molecule has 0 spiro atoms. The predicted octanol–water partition coefficient (Wildman–Crippen LogP) is 4.45. The Bertz CT molecular complexity index is 1040. The van der Waals surface area contributed by atoms with Gasteiger partial charge in [0.2, 0.25) is 0 Å². The molecule has 3 aromatic rings. The molecule has 1 amide bonds. The number of nitrogens with one attached hydrogen (secondary N) is 1. The van der Waals surface area contributed by atoms with Crippen molar-refractivity contribution in [1.29, 1.82) is 0 Å². The number of amides is 1. The Balaban J connectivity index is 1.84. The number of aryl methyl sites for hydroxylation is 1. The molecule has 0 radical (unpaired) electrons. The van der Waals surface area contributed by atoms with E-state index < -0.39 is 11.9 Å². The number of benzene rings is 2. The normalized spacial score (nSPS) is 13.6. The molecule has 1 aliphatic heterocycles. The number of anilines is 1. The number of carbonyl (C=O) groups excluding carboxylic acids is 1. The number of carbonyl (C=O) groups is 1. The van der Waals surface area contributed by atoms with Crippen LogP contribution in [0.2, 0.25) is 0 Å². The van der Waals surface area contributed by atoms with Gasteiger partial charge in [-0.15, -0.1) is 0 Å². The van der Waals surface area contributed by atoms with E-state index in [9.17, 15) is 18.0 Å². The van der Waals surface area contributed by atoms with Crippen LogP contribution in [0.5, 0.6) is 5.75 Å². The molecule has 144 valence electrons. The lowest BCUT2D eigenvalue weighted by Gasteiger charge is -2.18. The van der Waals surface area contributed by atoms with Gasteiger partial charge in [0, 0.05) is 5.56 Å². The quantitative estimate of drug-likeness (QED) is 0.722. The van der Waals surface area contributed by atoms with Crippen LogP contribution in [0.3, 0.4) is 0 Å². The molecule has 0 bridgehead atoms. The van der Waals surface area contributed by atoms with Crippen molar-refractivity contribution in [1.82, 2.24) is 9.78 Å². The van der Waals surface area contributed by atoms with Gasteiger partial charge < -0.3 is 10.1 Å². The van der Waals surface area contributed by atoms with Crippen LogP contribution in [0.4, 0.5) is 18.9 Å². The third-order valence-electron chi connectivity index (χ3n) is 4.50. The highest BCUT2D eigenvalue weighted by atomic mass is 19.4. The van der Waals surface area contributed by atoms with Crippen LogP contribution in [0.1, 0.15) is 18.2 Å². The van der Waals surface area contributed by atoms with Gasteiger partial charge in [-0.2, -0.15) is 18.3 Å². The molecule has 0 fully saturated rings. The SMILES string of the molecule is CCc1ccc(-n2nc(C(F)(F)F)cc2-c2ccc3c(c2)NC(=O)CO3)cc1. The second kappa shape index (κ2) is 6.70. The van der Waals surface area contributed by atoms with Crippen molar-refractivity contribution in [2.45, 2.75) is 19.5 Å². The van der Waals surface area contributed by atoms with Gasteiger partial charge in [-0.25, -0.2) is 4.68 Å². The van der Waals surface area contributed by atoms with Crippen LogP contribution in [0, 0.1) is 0 Å². The van der Waals surface area contributed by atoms with Gasteiger partial charge in [-0.05, 0) is 48.4 Å². The highest BCUT2D eigenvalue weighted by molar-refractivity contribution is 5.96. The Kier molecular flexibility index (Phi) is 4.33. The Labute approximate surface area is 158 Å². The molecule has 0 atom stereocenters. The molecule has 0 unspecified atom stereocenters. The average molecular weight is 387 g/mol. The van der Waals surface area contributed by atoms with E-state index in [-0.39, 0.29) is 18.2 Å². The number of ether oxygens (including phenoxy) is 1. The van der Waals surface area contributed by atoms with E-state index >= 15 is 0 Å². The Morgan fingerprint density at radius 3 is 2.57 bits per heavy atom. The molecule has 5 nitrogen and oxygen atoms in total. The molecule has 1 aliphatic rings. The number of hydrogen-bond acceptors (Lipinski definition) is 3. The standard InChI is InChI=1S/C20H16F3N3O2/c1-2-12-3-6-14(7-4-12)26-16(10-18(25-26)20(21,22)23)13-5-8-17-15(9-13)24-19(27)11-28-17/h3-10H,2,11H2,1H3,(H,24,27). The van der Waals surface area contributed by atoms with Crippen molar-refractivity contribution in [2.24, 2.45) is 0 Å². The lowest BCUT2D eigenvalue weighted by atomic mass is 10.1. The van der Waals surface area contributed by atoms with E-state index in [2.05, 4.69) is 10.4 Å². The van der Waals surface area contributed by atoms with Crippen molar-refractivity contribution >= 4 is 11.6 Å². The molecular weight excluding hydrogens is 371 g/mol. The molecule has 2 aromatic carbocycles. The average Bonchev–Trinajstić information content (AvgIpc) is 3.13. The van der Waals surface area contributed by atoms with Gasteiger partial charge in [0.15, 0.2) is 12.3 Å². The van der Waals surface area contributed by atoms with Crippen LogP contribution in [-0.4, -0.2) is 22.3 Å². The van der Waals surface area contributed by atoms with Crippen LogP contribution in [0.25, 0.3) is 16.9 Å². The topological polar surface area (TPSA) is 56.2 Å². The summed E-state index contributed by atoms with van der Waals surface area (Å²) in [6.45, 7) is 1.91. The monoisotopic (exact) mass is 387 g/mol. The van der Waals surface area contributed by atoms with Gasteiger partial charge in [0.1, 0.15) is 5.75 Å². The minimum Gasteiger partial charge on any atom is -0.482 e. The molecule has 1 aromatic heterocycles. The van der Waals surface area contributed by atoms with Crippen molar-refractivity contribution < 1.29 is 22.7 Å². The fourth-order valence-corrected chi connectivity index (χ4v) is 3.04. The number of aromatic nitrogens is 2. The molecule has 0 aliphatic carbocycles. The van der Waals surface area contributed by atoms with E-state index in [0.717, 1.165) is 18.1 Å². The summed E-state index contributed by atoms with van der Waals surface area (Å²) in [5.74, 6) is 0.155. The predicted molar refractivity (Wildman–Crippen MR) is 97.5 cm³/mol. The molecule has 8 heteroatoms. The Hall–Kier alpha value is -3.29. The Morgan fingerprint density at radius 1 is 1.14 bits per heavy atom. The maximum absolute atomic E-state index is 13.3. The second-order valence-corrected chi connectivity index (χ2v) is 6.39. The summed E-state index contributed by atoms with van der Waals surface area (Å²) >= 11 is 0. The van der Waals surface area contributed by atoms with Crippen LogP contribution in [0.15, 0.2) is 48.5 Å². The van der Waals surface area contributed by atoms with Crippen molar-refractivity contribution in [3.8, 4) is 22.7 Å². The smallest absolute Gasteiger partial charge is 0.435 e. The van der Waals surface area contributed by atoms with Gasteiger partial charge in [0.05, 0.1) is 17.1 Å². The van der Waals surface area contributed by atoms with Crippen molar-refractivity contribution in [3.05, 3.63) is 59.8 Å². The zero-order chi connectivity index (χ0) is 19.9. The van der Waals surface area contributed by atoms with E-state index in [1.165, 1.54) is 4.68 Å². The summed E-state index contributed by atoms with van der Waals surface area (Å²) in [4.78, 5) is 11.6. The third kappa shape index (κ3) is 3.33. The van der Waals surface area contributed by atoms with Crippen molar-refractivity contribution in [2.75, 3.05) is 11.9 Å². The number of alkyl halides is 3. The molecule has 1 N–H and O–H groups in total. The maximum Gasteiger partial charge on any atom is 0.435 e. The van der Waals surface area contributed by atoms with Gasteiger partial charge in [0.25, 0.3) is 5.91 Å². The summed E-state index contributed by atoms with van der Waals surface area (Å²) in [5, 5.41) is 6.45. The first-order valence-electron chi connectivity index (χ1n) is 8.69. The van der Waals surface area contributed by atoms with Crippen LogP contribution >= 0.6 is 0 Å². The summed E-state index contributed by atoms with van der Waals surface area (Å²) in [5.41, 5.74) is 1.76. The van der Waals surface area contributed by atoms with Gasteiger partial charge in [-0.3, -0.25) is 4.79 Å². The highest BCUT2D eigenvalue weighted by Gasteiger charge is 2.35. The second-order valence-electron chi connectivity index (χ2n) is 6.39. The highest BCUT2D eigenvalue weighted by Crippen LogP contribution is 2.36. The summed E-state index contributed by atoms with van der Waals surface area (Å²) < 4.78 is 46.5. The number of hydrogen-bond donors (Lipinski definition) is 1. The molecule has 0 saturated carbocycles. The minimum atomic E-state index is -4.57. The number of fused-ring (bicyclic) bond motifs is 1. The zero-order valence-corrected chi connectivity index (χ0v) is 14.9. The lowest BCUT2D eigenvalue weighted by molar-refractivity contribution is -0.141. The molecule has 4 rings (SSSR count). The maximum atomic E-state index is 13.3. The van der Waals surface area contributed by atoms with Crippen molar-refractivity contribution in [3.63, 3.8) is 0 Å². The Morgan fingerprint density at radius 2 is 1.89 bits per heavy atom. The first-order chi connectivity index (χ1) is 13.3. The molecule has 2 heterocycles. The van der Waals surface area contributed by atoms with Crippen LogP contribution in [-0.2, 0) is 17.4 Å². The third-order valence-corrected chi connectivity index (χ3v) is 4.50. The molecular formula is C20H16F3N3O2. The summed E-state index contributed by atoms with van der Waals surface area (Å²) in [6.07, 6.45) is -3.75. The number of nitrogens with zero attached hydrogens (tertiary/aromatic N) is 2.